The molecule has 3 aromatic carbocycles. The molecule has 0 radical (unpaired) electrons. The Morgan fingerprint density at radius 1 is 0.872 bits per heavy atom. The lowest BCUT2D eigenvalue weighted by Crippen LogP contribution is -2.56. The average molecular weight is 664 g/mol. The van der Waals surface area contributed by atoms with Crippen LogP contribution in [0, 0.1) is 26.7 Å². The number of alkyl carbamates (subject to hydrolysis) is 1. The van der Waals surface area contributed by atoms with Crippen LogP contribution in [0.1, 0.15) is 88.2 Å². The highest BCUT2D eigenvalue weighted by molar-refractivity contribution is 6.34. The first-order chi connectivity index (χ1) is 22.0. The van der Waals surface area contributed by atoms with E-state index in [4.69, 9.17) is 16.3 Å². The Morgan fingerprint density at radius 3 is 2.00 bits per heavy atom. The zero-order chi connectivity index (χ0) is 35.1. The van der Waals surface area contributed by atoms with E-state index in [1.165, 1.54) is 12.1 Å². The maximum Gasteiger partial charge on any atom is 0.408 e. The van der Waals surface area contributed by atoms with Crippen molar-refractivity contribution in [3.05, 3.63) is 93.5 Å². The third kappa shape index (κ3) is 10.5. The van der Waals surface area contributed by atoms with E-state index in [9.17, 15) is 14.7 Å². The fourth-order valence-electron chi connectivity index (χ4n) is 5.65. The predicted octanol–water partition coefficient (Wildman–Crippen LogP) is 8.44. The molecule has 0 fully saturated rings. The zero-order valence-corrected chi connectivity index (χ0v) is 29.9. The summed E-state index contributed by atoms with van der Waals surface area (Å²) < 4.78 is 5.58. The minimum atomic E-state index is -1.09. The number of aromatic hydroxyl groups is 1. The third-order valence-electron chi connectivity index (χ3n) is 8.07. The molecule has 0 bridgehead atoms. The van der Waals surface area contributed by atoms with Crippen molar-refractivity contribution in [3.8, 4) is 5.75 Å². The molecule has 0 aliphatic rings. The van der Waals surface area contributed by atoms with Crippen molar-refractivity contribution in [2.24, 2.45) is 5.92 Å². The van der Waals surface area contributed by atoms with Crippen molar-refractivity contribution in [2.45, 2.75) is 105 Å². The van der Waals surface area contributed by atoms with Crippen molar-refractivity contribution < 1.29 is 24.2 Å². The van der Waals surface area contributed by atoms with E-state index in [1.54, 1.807) is 43.9 Å². The van der Waals surface area contributed by atoms with Crippen LogP contribution < -0.4 is 10.6 Å². The van der Waals surface area contributed by atoms with Crippen LogP contribution in [0.2, 0.25) is 5.02 Å². The van der Waals surface area contributed by atoms with Crippen LogP contribution in [0.5, 0.6) is 5.75 Å². The molecule has 3 amide bonds. The fourth-order valence-corrected chi connectivity index (χ4v) is 5.92. The first-order valence-electron chi connectivity index (χ1n) is 16.2. The number of aryl methyl sites for hydroxylation is 3. The summed E-state index contributed by atoms with van der Waals surface area (Å²) in [5.41, 5.74) is 3.59. The van der Waals surface area contributed by atoms with Crippen LogP contribution in [0.25, 0.3) is 0 Å². The number of carbonyl (C=O) groups excluding carboxylic acids is 3. The van der Waals surface area contributed by atoms with Crippen LogP contribution in [-0.2, 0) is 20.7 Å². The second-order valence-corrected chi connectivity index (χ2v) is 14.2. The molecule has 3 unspecified atom stereocenters. The van der Waals surface area contributed by atoms with Gasteiger partial charge in [-0.05, 0) is 113 Å². The molecule has 0 spiro atoms. The van der Waals surface area contributed by atoms with Gasteiger partial charge in [-0.15, -0.1) is 0 Å². The number of para-hydroxylation sites is 1. The van der Waals surface area contributed by atoms with Crippen molar-refractivity contribution in [1.29, 1.82) is 0 Å². The quantitative estimate of drug-likeness (QED) is 0.180. The minimum Gasteiger partial charge on any atom is -0.508 e. The zero-order valence-electron chi connectivity index (χ0n) is 29.1. The van der Waals surface area contributed by atoms with E-state index in [-0.39, 0.29) is 12.2 Å². The molecule has 3 N–H and O–H groups in total. The fraction of sp³-hybridized carbons (Fsp3) is 0.447. The Bertz CT molecular complexity index is 1510. The first-order valence-corrected chi connectivity index (χ1v) is 16.6. The molecule has 0 aromatic heterocycles. The van der Waals surface area contributed by atoms with Crippen LogP contribution in [0.3, 0.4) is 0 Å². The normalized spacial score (nSPS) is 13.4. The number of ether oxygens (including phenoxy) is 1. The summed E-state index contributed by atoms with van der Waals surface area (Å²) in [6, 6.07) is 15.1. The Labute approximate surface area is 284 Å². The average Bonchev–Trinajstić information content (AvgIpc) is 2.96. The van der Waals surface area contributed by atoms with E-state index in [2.05, 4.69) is 24.5 Å². The van der Waals surface area contributed by atoms with Crippen molar-refractivity contribution >= 4 is 35.2 Å². The van der Waals surface area contributed by atoms with E-state index in [0.29, 0.717) is 34.2 Å². The first kappa shape index (κ1) is 37.4. The van der Waals surface area contributed by atoms with Gasteiger partial charge < -0.3 is 25.4 Å². The third-order valence-corrected chi connectivity index (χ3v) is 8.38. The number of rotatable bonds is 12. The van der Waals surface area contributed by atoms with Gasteiger partial charge in [0.25, 0.3) is 5.91 Å². The molecule has 0 aliphatic carbocycles. The van der Waals surface area contributed by atoms with Crippen LogP contribution in [0.4, 0.5) is 10.5 Å². The van der Waals surface area contributed by atoms with Gasteiger partial charge in [-0.25, -0.2) is 4.79 Å². The van der Waals surface area contributed by atoms with Gasteiger partial charge in [-0.2, -0.15) is 0 Å². The smallest absolute Gasteiger partial charge is 0.408 e. The van der Waals surface area contributed by atoms with E-state index < -0.39 is 41.6 Å². The second kappa shape index (κ2) is 16.2. The molecule has 3 atom stereocenters. The summed E-state index contributed by atoms with van der Waals surface area (Å²) >= 11 is 6.56. The lowest BCUT2D eigenvalue weighted by molar-refractivity contribution is -0.143. The predicted molar refractivity (Wildman–Crippen MR) is 189 cm³/mol. The molecule has 254 valence electrons. The minimum absolute atomic E-state index is 0.0855. The molecule has 9 heteroatoms. The number of carbonyl (C=O) groups is 3. The van der Waals surface area contributed by atoms with Crippen LogP contribution in [-0.4, -0.2) is 45.6 Å². The molecule has 47 heavy (non-hydrogen) atoms. The lowest BCUT2D eigenvalue weighted by atomic mass is 9.91. The summed E-state index contributed by atoms with van der Waals surface area (Å²) in [6.07, 6.45) is 0.805. The summed E-state index contributed by atoms with van der Waals surface area (Å²) in [7, 11) is 0. The van der Waals surface area contributed by atoms with Gasteiger partial charge in [0, 0.05) is 12.5 Å². The lowest BCUT2D eigenvalue weighted by Gasteiger charge is -2.40. The highest BCUT2D eigenvalue weighted by Gasteiger charge is 2.40. The molecule has 3 rings (SSSR count). The second-order valence-electron chi connectivity index (χ2n) is 13.8. The summed E-state index contributed by atoms with van der Waals surface area (Å²) in [5.74, 6) is -0.398. The number of nitrogens with one attached hydrogen (secondary N) is 2. The number of anilines is 1. The van der Waals surface area contributed by atoms with Gasteiger partial charge in [0.05, 0.1) is 10.7 Å². The summed E-state index contributed by atoms with van der Waals surface area (Å²) in [4.78, 5) is 44.5. The van der Waals surface area contributed by atoms with Gasteiger partial charge in [0.2, 0.25) is 5.91 Å². The topological polar surface area (TPSA) is 108 Å². The standard InChI is InChI=1S/C38H50ClN3O5/c1-23(2)16-17-27(6)42(36(45)31(40-37(46)47-38(7,8)9)22-28-18-20-29(43)21-19-28)34(32-24(3)12-10-13-25(32)4)35(44)41-33-26(5)14-11-15-30(33)39/h10-15,18-21,23,27,31,34,43H,16-17,22H2,1-9H3,(H,40,46)(H,41,44). The molecule has 3 aromatic rings. The molecule has 0 saturated carbocycles. The van der Waals surface area contributed by atoms with Crippen LogP contribution in [0.15, 0.2) is 60.7 Å². The Morgan fingerprint density at radius 2 is 1.45 bits per heavy atom. The SMILES string of the molecule is Cc1cccc(Cl)c1NC(=O)C(c1c(C)cccc1C)N(C(=O)C(Cc1ccc(O)cc1)NC(=O)OC(C)(C)C)C(C)CCC(C)C. The summed E-state index contributed by atoms with van der Waals surface area (Å²) in [5, 5.41) is 16.1. The Hall–Kier alpha value is -4.04. The van der Waals surface area contributed by atoms with Gasteiger partial charge in [-0.3, -0.25) is 9.59 Å². The number of halogens is 1. The summed E-state index contributed by atoms with van der Waals surface area (Å²) in [6.45, 7) is 17.2. The number of phenols is 1. The highest BCUT2D eigenvalue weighted by Crippen LogP contribution is 2.34. The molecule has 8 nitrogen and oxygen atoms in total. The number of hydrogen-bond donors (Lipinski definition) is 3. The Balaban J connectivity index is 2.22. The van der Waals surface area contributed by atoms with Crippen molar-refractivity contribution in [1.82, 2.24) is 10.2 Å². The number of amides is 3. The molecule has 0 saturated heterocycles. The number of nitrogens with zero attached hydrogens (tertiary/aromatic N) is 1. The maximum atomic E-state index is 15.0. The van der Waals surface area contributed by atoms with Crippen molar-refractivity contribution in [2.75, 3.05) is 5.32 Å². The maximum absolute atomic E-state index is 15.0. The Kier molecular flexibility index (Phi) is 12.9. The number of benzene rings is 3. The highest BCUT2D eigenvalue weighted by atomic mass is 35.5. The van der Waals surface area contributed by atoms with E-state index >= 15 is 4.79 Å². The van der Waals surface area contributed by atoms with Gasteiger partial charge >= 0.3 is 6.09 Å². The van der Waals surface area contributed by atoms with Gasteiger partial charge in [-0.1, -0.05) is 67.9 Å². The molecular formula is C38H50ClN3O5. The van der Waals surface area contributed by atoms with E-state index in [1.807, 2.05) is 58.0 Å². The van der Waals surface area contributed by atoms with E-state index in [0.717, 1.165) is 23.1 Å². The largest absolute Gasteiger partial charge is 0.508 e. The van der Waals surface area contributed by atoms with Crippen LogP contribution >= 0.6 is 11.6 Å². The molecular weight excluding hydrogens is 614 g/mol. The number of phenolic OH excluding ortho intramolecular Hbond substituents is 1. The van der Waals surface area contributed by atoms with Gasteiger partial charge in [0.1, 0.15) is 23.4 Å². The molecule has 0 aliphatic heterocycles. The monoisotopic (exact) mass is 663 g/mol. The van der Waals surface area contributed by atoms with Gasteiger partial charge in [0.15, 0.2) is 0 Å². The van der Waals surface area contributed by atoms with Crippen molar-refractivity contribution in [3.63, 3.8) is 0 Å². The number of hydrogen-bond acceptors (Lipinski definition) is 5. The molecule has 0 heterocycles.